The van der Waals surface area contributed by atoms with Crippen molar-refractivity contribution >= 4 is 56.5 Å². The normalized spacial score (nSPS) is 12.9. The van der Waals surface area contributed by atoms with E-state index in [2.05, 4.69) is 48.2 Å². The van der Waals surface area contributed by atoms with E-state index in [1.54, 1.807) is 30.2 Å². The minimum absolute atomic E-state index is 0.0652. The Morgan fingerprint density at radius 2 is 1.60 bits per heavy atom. The van der Waals surface area contributed by atoms with E-state index in [1.165, 1.54) is 22.7 Å². The van der Waals surface area contributed by atoms with Crippen LogP contribution in [0.15, 0.2) is 48.3 Å². The Kier molecular flexibility index (Phi) is 9.49. The van der Waals surface area contributed by atoms with Crippen LogP contribution in [0, 0.1) is 0 Å². The fourth-order valence-corrected chi connectivity index (χ4v) is 5.88. The quantitative estimate of drug-likeness (QED) is 0.338. The summed E-state index contributed by atoms with van der Waals surface area (Å²) < 4.78 is 0. The standard InChI is InChI=1S/C23H25N7O2S3/c31-18(13-16-5-2-1-3-6-16)25-22-29-27-20(34-22)8-11-33-12-9-21-28-30-23(35-21)26-19(32)14-17-7-4-10-24-15-17/h2,4-7,10,15H,1,3,8-9,11-14H2,(H,25,29,31)(H,26,30,32). The number of allylic oxidation sites excluding steroid dienone is 3. The molecule has 3 aromatic rings. The van der Waals surface area contributed by atoms with Crippen molar-refractivity contribution in [2.75, 3.05) is 22.1 Å². The van der Waals surface area contributed by atoms with Crippen LogP contribution in [0.3, 0.4) is 0 Å². The molecule has 3 aromatic heterocycles. The molecule has 0 spiro atoms. The lowest BCUT2D eigenvalue weighted by Gasteiger charge is -2.05. The van der Waals surface area contributed by atoms with Gasteiger partial charge >= 0.3 is 0 Å². The van der Waals surface area contributed by atoms with Crippen molar-refractivity contribution in [3.8, 4) is 0 Å². The van der Waals surface area contributed by atoms with E-state index in [1.807, 2.05) is 12.1 Å². The fourth-order valence-electron chi connectivity index (χ4n) is 3.23. The van der Waals surface area contributed by atoms with E-state index in [0.717, 1.165) is 58.3 Å². The molecule has 0 saturated carbocycles. The van der Waals surface area contributed by atoms with Crippen LogP contribution in [-0.2, 0) is 28.9 Å². The van der Waals surface area contributed by atoms with Gasteiger partial charge in [0, 0.05) is 25.2 Å². The maximum absolute atomic E-state index is 12.2. The number of anilines is 2. The van der Waals surface area contributed by atoms with Crippen LogP contribution in [0.4, 0.5) is 10.3 Å². The zero-order chi connectivity index (χ0) is 24.3. The minimum Gasteiger partial charge on any atom is -0.300 e. The number of aromatic nitrogens is 5. The van der Waals surface area contributed by atoms with Gasteiger partial charge < -0.3 is 10.6 Å². The van der Waals surface area contributed by atoms with E-state index in [-0.39, 0.29) is 18.2 Å². The van der Waals surface area contributed by atoms with Crippen LogP contribution in [0.1, 0.15) is 34.8 Å². The average molecular weight is 528 g/mol. The average Bonchev–Trinajstić information content (AvgIpc) is 3.49. The van der Waals surface area contributed by atoms with Gasteiger partial charge in [-0.2, -0.15) is 11.8 Å². The first-order valence-corrected chi connectivity index (χ1v) is 14.0. The molecule has 0 radical (unpaired) electrons. The van der Waals surface area contributed by atoms with Gasteiger partial charge in [-0.3, -0.25) is 14.6 Å². The molecular weight excluding hydrogens is 503 g/mol. The Hall–Kier alpha value is -2.96. The van der Waals surface area contributed by atoms with Crippen LogP contribution in [0.5, 0.6) is 0 Å². The van der Waals surface area contributed by atoms with Crippen LogP contribution in [0.2, 0.25) is 0 Å². The van der Waals surface area contributed by atoms with Crippen molar-refractivity contribution in [3.05, 3.63) is 63.9 Å². The molecule has 0 fully saturated rings. The summed E-state index contributed by atoms with van der Waals surface area (Å²) in [7, 11) is 0. The lowest BCUT2D eigenvalue weighted by molar-refractivity contribution is -0.116. The molecule has 1 aliphatic rings. The molecule has 0 atom stereocenters. The highest BCUT2D eigenvalue weighted by Crippen LogP contribution is 2.21. The van der Waals surface area contributed by atoms with E-state index < -0.39 is 0 Å². The summed E-state index contributed by atoms with van der Waals surface area (Å²) in [5.41, 5.74) is 1.90. The van der Waals surface area contributed by atoms with E-state index in [0.29, 0.717) is 16.7 Å². The van der Waals surface area contributed by atoms with E-state index in [4.69, 9.17) is 0 Å². The first-order valence-electron chi connectivity index (χ1n) is 11.2. The van der Waals surface area contributed by atoms with Gasteiger partial charge in [-0.05, 0) is 41.6 Å². The summed E-state index contributed by atoms with van der Waals surface area (Å²) >= 11 is 4.61. The fraction of sp³-hybridized carbons (Fsp3) is 0.348. The third-order valence-corrected chi connectivity index (χ3v) is 7.65. The summed E-state index contributed by atoms with van der Waals surface area (Å²) in [6.07, 6.45) is 13.8. The SMILES string of the molecule is O=C(CC1=CCCC=C1)Nc1nnc(CCSCCc2nnc(NC(=O)Cc3cccnc3)s2)s1. The molecule has 0 aliphatic heterocycles. The highest BCUT2D eigenvalue weighted by molar-refractivity contribution is 7.99. The Bertz CT molecular complexity index is 1190. The highest BCUT2D eigenvalue weighted by Gasteiger charge is 2.11. The first-order chi connectivity index (χ1) is 17.1. The zero-order valence-electron chi connectivity index (χ0n) is 19.0. The highest BCUT2D eigenvalue weighted by atomic mass is 32.2. The molecule has 182 valence electrons. The van der Waals surface area contributed by atoms with Gasteiger partial charge in [0.15, 0.2) is 0 Å². The summed E-state index contributed by atoms with van der Waals surface area (Å²) in [6.45, 7) is 0. The smallest absolute Gasteiger partial charge is 0.230 e. The van der Waals surface area contributed by atoms with Crippen molar-refractivity contribution in [3.63, 3.8) is 0 Å². The number of rotatable bonds is 12. The summed E-state index contributed by atoms with van der Waals surface area (Å²) in [6, 6.07) is 3.67. The number of hydrogen-bond acceptors (Lipinski definition) is 10. The maximum atomic E-state index is 12.2. The van der Waals surface area contributed by atoms with Crippen LogP contribution >= 0.6 is 34.4 Å². The molecule has 0 unspecified atom stereocenters. The second kappa shape index (κ2) is 13.2. The van der Waals surface area contributed by atoms with Gasteiger partial charge in [0.25, 0.3) is 0 Å². The Morgan fingerprint density at radius 3 is 2.20 bits per heavy atom. The number of nitrogens with zero attached hydrogens (tertiary/aromatic N) is 5. The Morgan fingerprint density at radius 1 is 0.914 bits per heavy atom. The molecule has 1 aliphatic carbocycles. The molecule has 2 amide bonds. The maximum Gasteiger partial charge on any atom is 0.230 e. The lowest BCUT2D eigenvalue weighted by atomic mass is 10.0. The van der Waals surface area contributed by atoms with Crippen molar-refractivity contribution in [2.45, 2.75) is 38.5 Å². The van der Waals surface area contributed by atoms with Crippen LogP contribution in [-0.4, -0.2) is 48.7 Å². The third-order valence-electron chi connectivity index (χ3n) is 4.87. The lowest BCUT2D eigenvalue weighted by Crippen LogP contribution is -2.14. The third kappa shape index (κ3) is 8.64. The van der Waals surface area contributed by atoms with Gasteiger partial charge in [0.2, 0.25) is 22.1 Å². The molecule has 9 nitrogen and oxygen atoms in total. The second-order valence-corrected chi connectivity index (χ2v) is 11.0. The number of pyridine rings is 1. The van der Waals surface area contributed by atoms with Gasteiger partial charge in [-0.15, -0.1) is 20.4 Å². The summed E-state index contributed by atoms with van der Waals surface area (Å²) in [5, 5.41) is 25.0. The summed E-state index contributed by atoms with van der Waals surface area (Å²) in [4.78, 5) is 28.3. The molecule has 0 saturated heterocycles. The molecule has 12 heteroatoms. The van der Waals surface area contributed by atoms with Gasteiger partial charge in [-0.1, -0.05) is 47.0 Å². The first kappa shape index (κ1) is 25.1. The van der Waals surface area contributed by atoms with Crippen LogP contribution in [0.25, 0.3) is 0 Å². The number of amides is 2. The molecule has 2 N–H and O–H groups in total. The predicted octanol–water partition coefficient (Wildman–Crippen LogP) is 4.09. The molecule has 3 heterocycles. The molecule has 0 aromatic carbocycles. The second-order valence-electron chi connectivity index (χ2n) is 7.68. The van der Waals surface area contributed by atoms with Gasteiger partial charge in [0.05, 0.1) is 12.8 Å². The topological polar surface area (TPSA) is 123 Å². The predicted molar refractivity (Wildman–Crippen MR) is 141 cm³/mol. The minimum atomic E-state index is -0.134. The number of nitrogens with one attached hydrogen (secondary N) is 2. The van der Waals surface area contributed by atoms with Gasteiger partial charge in [-0.25, -0.2) is 0 Å². The molecule has 35 heavy (non-hydrogen) atoms. The van der Waals surface area contributed by atoms with Crippen LogP contribution < -0.4 is 10.6 Å². The summed E-state index contributed by atoms with van der Waals surface area (Å²) in [5.74, 6) is 1.59. The van der Waals surface area contributed by atoms with Crippen molar-refractivity contribution < 1.29 is 9.59 Å². The molecule has 0 bridgehead atoms. The van der Waals surface area contributed by atoms with Gasteiger partial charge in [0.1, 0.15) is 10.0 Å². The van der Waals surface area contributed by atoms with Crippen molar-refractivity contribution in [1.29, 1.82) is 0 Å². The van der Waals surface area contributed by atoms with E-state index >= 15 is 0 Å². The number of carbonyl (C=O) groups is 2. The Labute approximate surface area is 215 Å². The molecular formula is C23H25N7O2S3. The number of thioether (sulfide) groups is 1. The number of hydrogen-bond donors (Lipinski definition) is 2. The zero-order valence-corrected chi connectivity index (χ0v) is 21.4. The Balaban J connectivity index is 1.11. The molecule has 4 rings (SSSR count). The largest absolute Gasteiger partial charge is 0.300 e. The number of aryl methyl sites for hydroxylation is 2. The van der Waals surface area contributed by atoms with E-state index in [9.17, 15) is 9.59 Å². The number of carbonyl (C=O) groups excluding carboxylic acids is 2. The monoisotopic (exact) mass is 527 g/mol. The van der Waals surface area contributed by atoms with Crippen molar-refractivity contribution in [2.24, 2.45) is 0 Å². The van der Waals surface area contributed by atoms with Crippen molar-refractivity contribution in [1.82, 2.24) is 25.4 Å².